The highest BCUT2D eigenvalue weighted by Gasteiger charge is 2.18. The molecule has 110 valence electrons. The zero-order valence-corrected chi connectivity index (χ0v) is 11.5. The maximum absolute atomic E-state index is 11.6. The molecule has 0 unspecified atom stereocenters. The lowest BCUT2D eigenvalue weighted by Gasteiger charge is -2.13. The fourth-order valence-corrected chi connectivity index (χ4v) is 2.08. The molecule has 0 radical (unpaired) electrons. The number of hydrogen-bond acceptors (Lipinski definition) is 5. The van der Waals surface area contributed by atoms with Crippen LogP contribution in [-0.2, 0) is 9.59 Å². The predicted octanol–water partition coefficient (Wildman–Crippen LogP) is -0.180. The van der Waals surface area contributed by atoms with E-state index in [1.54, 1.807) is 17.5 Å². The van der Waals surface area contributed by atoms with Crippen molar-refractivity contribution in [3.8, 4) is 0 Å². The molecule has 4 N–H and O–H groups in total. The van der Waals surface area contributed by atoms with Crippen LogP contribution >= 0.6 is 11.3 Å². The molecule has 0 aliphatic carbocycles. The minimum atomic E-state index is -1.20. The molecule has 0 saturated carbocycles. The molecule has 0 bridgehead atoms. The fraction of sp³-hybridized carbons (Fsp3) is 0.417. The molecule has 0 fully saturated rings. The zero-order chi connectivity index (χ0) is 15.0. The van der Waals surface area contributed by atoms with Crippen LogP contribution in [0.5, 0.6) is 0 Å². The Morgan fingerprint density at radius 3 is 2.65 bits per heavy atom. The Hall–Kier alpha value is -1.93. The van der Waals surface area contributed by atoms with E-state index in [4.69, 9.17) is 10.2 Å². The molecule has 1 aromatic heterocycles. The van der Waals surface area contributed by atoms with Gasteiger partial charge in [-0.3, -0.25) is 9.59 Å². The molecule has 1 rings (SSSR count). The highest BCUT2D eigenvalue weighted by Crippen LogP contribution is 2.07. The number of hydrogen-bond donors (Lipinski definition) is 4. The first-order chi connectivity index (χ1) is 9.54. The van der Waals surface area contributed by atoms with Crippen molar-refractivity contribution in [3.63, 3.8) is 0 Å². The van der Waals surface area contributed by atoms with Gasteiger partial charge in [-0.2, -0.15) is 0 Å². The van der Waals surface area contributed by atoms with E-state index < -0.39 is 17.9 Å². The van der Waals surface area contributed by atoms with Gasteiger partial charge in [-0.15, -0.1) is 11.3 Å². The van der Waals surface area contributed by atoms with Gasteiger partial charge in [0.05, 0.1) is 4.88 Å². The summed E-state index contributed by atoms with van der Waals surface area (Å²) in [5.74, 6) is -1.95. The number of aliphatic hydroxyl groups is 1. The number of carbonyl (C=O) groups excluding carboxylic acids is 2. The molecule has 20 heavy (non-hydrogen) atoms. The third kappa shape index (κ3) is 5.37. The summed E-state index contributed by atoms with van der Waals surface area (Å²) in [4.78, 5) is 34.4. The van der Waals surface area contributed by atoms with Gasteiger partial charge in [0.15, 0.2) is 0 Å². The monoisotopic (exact) mass is 300 g/mol. The van der Waals surface area contributed by atoms with Gasteiger partial charge in [-0.25, -0.2) is 4.79 Å². The Labute approximate surface area is 119 Å². The van der Waals surface area contributed by atoms with E-state index >= 15 is 0 Å². The molecular weight excluding hydrogens is 284 g/mol. The fourth-order valence-electron chi connectivity index (χ4n) is 1.44. The maximum Gasteiger partial charge on any atom is 0.326 e. The van der Waals surface area contributed by atoms with Crippen molar-refractivity contribution in [2.24, 2.45) is 0 Å². The van der Waals surface area contributed by atoms with E-state index in [-0.39, 0.29) is 31.9 Å². The van der Waals surface area contributed by atoms with Gasteiger partial charge < -0.3 is 20.8 Å². The van der Waals surface area contributed by atoms with Crippen LogP contribution in [0.25, 0.3) is 0 Å². The molecule has 0 aliphatic rings. The van der Waals surface area contributed by atoms with Crippen LogP contribution in [-0.4, -0.2) is 47.2 Å². The minimum Gasteiger partial charge on any atom is -0.480 e. The normalized spacial score (nSPS) is 11.7. The van der Waals surface area contributed by atoms with Crippen LogP contribution in [0.1, 0.15) is 22.5 Å². The number of carboxylic acid groups (broad SMARTS) is 1. The summed E-state index contributed by atoms with van der Waals surface area (Å²) in [5, 5.41) is 24.1. The average Bonchev–Trinajstić information content (AvgIpc) is 2.91. The van der Waals surface area contributed by atoms with E-state index in [2.05, 4.69) is 10.6 Å². The van der Waals surface area contributed by atoms with Crippen molar-refractivity contribution in [1.82, 2.24) is 10.6 Å². The van der Waals surface area contributed by atoms with Crippen molar-refractivity contribution in [1.29, 1.82) is 0 Å². The highest BCUT2D eigenvalue weighted by molar-refractivity contribution is 7.12. The summed E-state index contributed by atoms with van der Waals surface area (Å²) in [6.07, 6.45) is -0.0745. The quantitative estimate of drug-likeness (QED) is 0.531. The van der Waals surface area contributed by atoms with Crippen LogP contribution in [0.15, 0.2) is 17.5 Å². The maximum atomic E-state index is 11.6. The summed E-state index contributed by atoms with van der Waals surface area (Å²) in [6.45, 7) is -0.208. The van der Waals surface area contributed by atoms with E-state index in [1.807, 2.05) is 0 Å². The smallest absolute Gasteiger partial charge is 0.326 e. The number of thiophene rings is 1. The zero-order valence-electron chi connectivity index (χ0n) is 10.7. The topological polar surface area (TPSA) is 116 Å². The summed E-state index contributed by atoms with van der Waals surface area (Å²) < 4.78 is 0. The Kier molecular flexibility index (Phi) is 6.68. The number of amides is 2. The van der Waals surface area contributed by atoms with E-state index in [9.17, 15) is 14.4 Å². The van der Waals surface area contributed by atoms with Gasteiger partial charge in [0.25, 0.3) is 5.91 Å². The Morgan fingerprint density at radius 2 is 2.10 bits per heavy atom. The van der Waals surface area contributed by atoms with Crippen molar-refractivity contribution in [2.45, 2.75) is 18.9 Å². The van der Waals surface area contributed by atoms with Crippen molar-refractivity contribution < 1.29 is 24.6 Å². The highest BCUT2D eigenvalue weighted by atomic mass is 32.1. The van der Waals surface area contributed by atoms with Crippen LogP contribution in [0, 0.1) is 0 Å². The molecule has 1 atom stereocenters. The molecule has 0 spiro atoms. The lowest BCUT2D eigenvalue weighted by molar-refractivity contribution is -0.142. The van der Waals surface area contributed by atoms with Gasteiger partial charge in [0, 0.05) is 26.0 Å². The molecule has 1 heterocycles. The number of nitrogens with one attached hydrogen (secondary N) is 2. The first-order valence-corrected chi connectivity index (χ1v) is 6.87. The molecule has 2 amide bonds. The molecule has 0 aliphatic heterocycles. The van der Waals surface area contributed by atoms with E-state index in [0.29, 0.717) is 4.88 Å². The van der Waals surface area contributed by atoms with Crippen LogP contribution in [0.2, 0.25) is 0 Å². The number of aliphatic carboxylic acids is 1. The second-order valence-electron chi connectivity index (χ2n) is 3.95. The Balaban J connectivity index is 2.29. The molecule has 0 aromatic carbocycles. The largest absolute Gasteiger partial charge is 0.480 e. The number of carboxylic acids is 1. The first kappa shape index (κ1) is 16.1. The standard InChI is InChI=1S/C12H16N2O5S/c15-6-4-8(12(18)19)14-10(16)3-5-13-11(17)9-2-1-7-20-9/h1-2,7-8,15H,3-6H2,(H,13,17)(H,14,16)(H,18,19)/t8-/m0/s1. The van der Waals surface area contributed by atoms with Crippen molar-refractivity contribution in [2.75, 3.05) is 13.2 Å². The second-order valence-corrected chi connectivity index (χ2v) is 4.90. The van der Waals surface area contributed by atoms with E-state index in [0.717, 1.165) is 0 Å². The number of aliphatic hydroxyl groups excluding tert-OH is 1. The van der Waals surface area contributed by atoms with E-state index in [1.165, 1.54) is 11.3 Å². The second kappa shape index (κ2) is 8.28. The summed E-state index contributed by atoms with van der Waals surface area (Å²) in [7, 11) is 0. The lowest BCUT2D eigenvalue weighted by atomic mass is 10.2. The van der Waals surface area contributed by atoms with Gasteiger partial charge >= 0.3 is 5.97 Å². The molecule has 8 heteroatoms. The minimum absolute atomic E-state index is 0.0215. The Morgan fingerprint density at radius 1 is 1.35 bits per heavy atom. The van der Waals surface area contributed by atoms with Gasteiger partial charge in [0.2, 0.25) is 5.91 Å². The summed E-state index contributed by atoms with van der Waals surface area (Å²) >= 11 is 1.29. The molecule has 0 saturated heterocycles. The first-order valence-electron chi connectivity index (χ1n) is 5.99. The van der Waals surface area contributed by atoms with Gasteiger partial charge in [-0.05, 0) is 11.4 Å². The summed E-state index contributed by atoms with van der Waals surface area (Å²) in [6, 6.07) is 2.31. The molecule has 7 nitrogen and oxygen atoms in total. The molecule has 1 aromatic rings. The third-order valence-electron chi connectivity index (χ3n) is 2.43. The van der Waals surface area contributed by atoms with Crippen molar-refractivity contribution in [3.05, 3.63) is 22.4 Å². The SMILES string of the molecule is O=C(CCNC(=O)c1cccs1)N[C@@H](CCO)C(=O)O. The van der Waals surface area contributed by atoms with Gasteiger partial charge in [-0.1, -0.05) is 6.07 Å². The summed E-state index contributed by atoms with van der Waals surface area (Å²) in [5.41, 5.74) is 0. The predicted molar refractivity (Wildman–Crippen MR) is 72.5 cm³/mol. The lowest BCUT2D eigenvalue weighted by Crippen LogP contribution is -2.42. The average molecular weight is 300 g/mol. The number of rotatable bonds is 8. The van der Waals surface area contributed by atoms with Crippen LogP contribution in [0.3, 0.4) is 0 Å². The van der Waals surface area contributed by atoms with Gasteiger partial charge in [0.1, 0.15) is 6.04 Å². The van der Waals surface area contributed by atoms with Crippen LogP contribution < -0.4 is 10.6 Å². The Bertz CT molecular complexity index is 460. The van der Waals surface area contributed by atoms with Crippen molar-refractivity contribution >= 4 is 29.1 Å². The molecular formula is C12H16N2O5S. The number of carbonyl (C=O) groups is 3. The third-order valence-corrected chi connectivity index (χ3v) is 3.30. The van der Waals surface area contributed by atoms with Crippen LogP contribution in [0.4, 0.5) is 0 Å².